The van der Waals surface area contributed by atoms with Crippen molar-refractivity contribution in [1.29, 1.82) is 0 Å². The molecular weight excluding hydrogens is 340 g/mol. The second-order valence-corrected chi connectivity index (χ2v) is 6.56. The molecule has 0 bridgehead atoms. The summed E-state index contributed by atoms with van der Waals surface area (Å²) in [6.45, 7) is 3.40. The minimum absolute atomic E-state index is 0.0336. The van der Waals surface area contributed by atoms with E-state index in [0.29, 0.717) is 15.8 Å². The second kappa shape index (κ2) is 6.97. The van der Waals surface area contributed by atoms with Crippen molar-refractivity contribution in [3.63, 3.8) is 0 Å². The summed E-state index contributed by atoms with van der Waals surface area (Å²) in [5, 5.41) is 14.0. The van der Waals surface area contributed by atoms with Crippen molar-refractivity contribution in [2.24, 2.45) is 0 Å². The molecule has 8 heteroatoms. The quantitative estimate of drug-likeness (QED) is 0.832. The van der Waals surface area contributed by atoms with Crippen LogP contribution in [0.2, 0.25) is 5.02 Å². The zero-order valence-electron chi connectivity index (χ0n) is 12.5. The Bertz CT molecular complexity index is 730. The molecule has 0 saturated carbocycles. The Morgan fingerprint density at radius 2 is 2.17 bits per heavy atom. The fourth-order valence-electron chi connectivity index (χ4n) is 1.73. The fourth-order valence-corrected chi connectivity index (χ4v) is 2.62. The molecule has 0 radical (unpaired) electrons. The van der Waals surface area contributed by atoms with E-state index < -0.39 is 11.6 Å². The minimum atomic E-state index is -1.11. The van der Waals surface area contributed by atoms with Gasteiger partial charge in [-0.3, -0.25) is 4.79 Å². The molecule has 0 aliphatic heterocycles. The van der Waals surface area contributed by atoms with Crippen LogP contribution in [0.1, 0.15) is 29.3 Å². The van der Waals surface area contributed by atoms with Crippen LogP contribution in [-0.2, 0) is 11.3 Å². The first-order valence-electron chi connectivity index (χ1n) is 6.68. The first-order valence-corrected chi connectivity index (χ1v) is 7.94. The van der Waals surface area contributed by atoms with Crippen LogP contribution >= 0.6 is 22.9 Å². The molecule has 0 fully saturated rings. The number of carbonyl (C=O) groups is 2. The van der Waals surface area contributed by atoms with E-state index in [1.807, 2.05) is 0 Å². The molecule has 1 aromatic carbocycles. The number of hydrogen-bond acceptors (Lipinski definition) is 5. The van der Waals surface area contributed by atoms with Gasteiger partial charge in [0.15, 0.2) is 11.3 Å². The molecule has 1 heterocycles. The fraction of sp³-hybridized carbons (Fsp3) is 0.267. The number of amides is 1. The third kappa shape index (κ3) is 4.67. The molecule has 0 aliphatic rings. The number of hydrogen-bond donors (Lipinski definition) is 2. The van der Waals surface area contributed by atoms with Gasteiger partial charge in [0, 0.05) is 10.4 Å². The molecule has 23 heavy (non-hydrogen) atoms. The van der Waals surface area contributed by atoms with Crippen molar-refractivity contribution >= 4 is 34.8 Å². The Morgan fingerprint density at radius 3 is 2.78 bits per heavy atom. The maximum atomic E-state index is 12.3. The summed E-state index contributed by atoms with van der Waals surface area (Å²) in [7, 11) is 0. The lowest BCUT2D eigenvalue weighted by Crippen LogP contribution is -2.46. The molecule has 0 saturated heterocycles. The predicted molar refractivity (Wildman–Crippen MR) is 87.1 cm³/mol. The molecule has 0 unspecified atom stereocenters. The zero-order valence-corrected chi connectivity index (χ0v) is 14.1. The number of halogens is 1. The number of carbonyl (C=O) groups excluding carboxylic acids is 1. The number of aromatic carboxylic acids is 1. The van der Waals surface area contributed by atoms with Crippen molar-refractivity contribution in [3.8, 4) is 5.75 Å². The maximum absolute atomic E-state index is 12.3. The van der Waals surface area contributed by atoms with Crippen LogP contribution in [0.15, 0.2) is 29.6 Å². The van der Waals surface area contributed by atoms with Crippen LogP contribution in [0, 0.1) is 0 Å². The molecule has 0 spiro atoms. The highest BCUT2D eigenvalue weighted by Crippen LogP contribution is 2.22. The van der Waals surface area contributed by atoms with Gasteiger partial charge in [-0.1, -0.05) is 17.7 Å². The summed E-state index contributed by atoms with van der Waals surface area (Å²) in [6.07, 6.45) is 0. The molecule has 122 valence electrons. The van der Waals surface area contributed by atoms with Gasteiger partial charge in [-0.05, 0) is 32.0 Å². The van der Waals surface area contributed by atoms with Gasteiger partial charge < -0.3 is 15.2 Å². The van der Waals surface area contributed by atoms with E-state index in [9.17, 15) is 9.59 Å². The van der Waals surface area contributed by atoms with Crippen molar-refractivity contribution in [2.45, 2.75) is 26.0 Å². The number of nitrogens with zero attached hydrogens (tertiary/aromatic N) is 1. The zero-order chi connectivity index (χ0) is 17.0. The van der Waals surface area contributed by atoms with Crippen molar-refractivity contribution in [1.82, 2.24) is 10.3 Å². The van der Waals surface area contributed by atoms with E-state index in [1.165, 1.54) is 16.7 Å². The summed E-state index contributed by atoms with van der Waals surface area (Å²) in [5.74, 6) is -0.951. The Balaban J connectivity index is 1.96. The summed E-state index contributed by atoms with van der Waals surface area (Å²) in [6, 6.07) is 6.77. The van der Waals surface area contributed by atoms with E-state index in [0.717, 1.165) is 0 Å². The Labute approximate surface area is 142 Å². The van der Waals surface area contributed by atoms with Crippen LogP contribution in [0.4, 0.5) is 0 Å². The van der Waals surface area contributed by atoms with Gasteiger partial charge in [-0.25, -0.2) is 9.78 Å². The average Bonchev–Trinajstić information content (AvgIpc) is 2.93. The lowest BCUT2D eigenvalue weighted by Gasteiger charge is -2.25. The monoisotopic (exact) mass is 354 g/mol. The van der Waals surface area contributed by atoms with Gasteiger partial charge in [-0.2, -0.15) is 0 Å². The Morgan fingerprint density at radius 1 is 1.43 bits per heavy atom. The highest BCUT2D eigenvalue weighted by molar-refractivity contribution is 7.09. The molecule has 0 aliphatic carbocycles. The highest BCUT2D eigenvalue weighted by Gasteiger charge is 2.30. The van der Waals surface area contributed by atoms with E-state index in [2.05, 4.69) is 10.3 Å². The number of ether oxygens (including phenoxy) is 1. The van der Waals surface area contributed by atoms with E-state index in [4.69, 9.17) is 21.4 Å². The smallest absolute Gasteiger partial charge is 0.355 e. The van der Waals surface area contributed by atoms with Crippen molar-refractivity contribution in [2.75, 3.05) is 0 Å². The third-order valence-electron chi connectivity index (χ3n) is 2.89. The molecular formula is C15H15ClN2O4S. The molecule has 0 atom stereocenters. The van der Waals surface area contributed by atoms with Gasteiger partial charge in [0.2, 0.25) is 0 Å². The van der Waals surface area contributed by atoms with Crippen molar-refractivity contribution in [3.05, 3.63) is 45.4 Å². The van der Waals surface area contributed by atoms with Crippen LogP contribution in [0.5, 0.6) is 5.75 Å². The van der Waals surface area contributed by atoms with Gasteiger partial charge in [0.1, 0.15) is 10.8 Å². The van der Waals surface area contributed by atoms with Gasteiger partial charge in [0.25, 0.3) is 5.91 Å². The molecule has 2 N–H and O–H groups in total. The molecule has 2 rings (SSSR count). The Hall–Kier alpha value is -2.12. The number of carboxylic acids is 1. The van der Waals surface area contributed by atoms with Crippen LogP contribution in [0.25, 0.3) is 0 Å². The summed E-state index contributed by atoms with van der Waals surface area (Å²) in [4.78, 5) is 26.9. The SMILES string of the molecule is CC(C)(Oc1cccc(Cl)c1)C(=O)NCc1nc(C(=O)O)cs1. The van der Waals surface area contributed by atoms with E-state index in [-0.39, 0.29) is 18.1 Å². The van der Waals surface area contributed by atoms with Gasteiger partial charge in [0.05, 0.1) is 6.54 Å². The van der Waals surface area contributed by atoms with Crippen molar-refractivity contribution < 1.29 is 19.4 Å². The van der Waals surface area contributed by atoms with E-state index >= 15 is 0 Å². The number of benzene rings is 1. The second-order valence-electron chi connectivity index (χ2n) is 5.18. The number of nitrogens with one attached hydrogen (secondary N) is 1. The lowest BCUT2D eigenvalue weighted by atomic mass is 10.1. The first-order chi connectivity index (χ1) is 10.8. The number of carboxylic acid groups (broad SMARTS) is 1. The molecule has 2 aromatic rings. The standard InChI is InChI=1S/C15H15ClN2O4S/c1-15(2,22-10-5-3-4-9(16)6-10)14(21)17-7-12-18-11(8-23-12)13(19)20/h3-6,8H,7H2,1-2H3,(H,17,21)(H,19,20). The van der Waals surface area contributed by atoms with E-state index in [1.54, 1.807) is 38.1 Å². The number of thiazole rings is 1. The normalized spacial score (nSPS) is 11.1. The summed E-state index contributed by atoms with van der Waals surface area (Å²) in [5.41, 5.74) is -1.15. The minimum Gasteiger partial charge on any atom is -0.478 e. The van der Waals surface area contributed by atoms with Crippen LogP contribution < -0.4 is 10.1 Å². The largest absolute Gasteiger partial charge is 0.478 e. The Kier molecular flexibility index (Phi) is 5.23. The average molecular weight is 355 g/mol. The highest BCUT2D eigenvalue weighted by atomic mass is 35.5. The molecule has 1 amide bonds. The molecule has 1 aromatic heterocycles. The lowest BCUT2D eigenvalue weighted by molar-refractivity contribution is -0.134. The van der Waals surface area contributed by atoms with Gasteiger partial charge >= 0.3 is 5.97 Å². The summed E-state index contributed by atoms with van der Waals surface area (Å²) >= 11 is 7.06. The van der Waals surface area contributed by atoms with Crippen LogP contribution in [-0.4, -0.2) is 27.6 Å². The number of rotatable bonds is 6. The van der Waals surface area contributed by atoms with Gasteiger partial charge in [-0.15, -0.1) is 11.3 Å². The maximum Gasteiger partial charge on any atom is 0.355 e. The topological polar surface area (TPSA) is 88.5 Å². The molecule has 6 nitrogen and oxygen atoms in total. The predicted octanol–water partition coefficient (Wildman–Crippen LogP) is 2.97. The first kappa shape index (κ1) is 17.2. The summed E-state index contributed by atoms with van der Waals surface area (Å²) < 4.78 is 5.67. The third-order valence-corrected chi connectivity index (χ3v) is 3.97. The number of aromatic nitrogens is 1. The van der Waals surface area contributed by atoms with Crippen LogP contribution in [0.3, 0.4) is 0 Å².